The highest BCUT2D eigenvalue weighted by molar-refractivity contribution is 8.00. The molecule has 42 heavy (non-hydrogen) atoms. The van der Waals surface area contributed by atoms with Crippen molar-refractivity contribution in [2.24, 2.45) is 0 Å². The summed E-state index contributed by atoms with van der Waals surface area (Å²) in [6, 6.07) is -0.0719. The minimum Gasteiger partial charge on any atom is -0.477 e. The topological polar surface area (TPSA) is 141 Å². The number of thioether (sulfide) groups is 1. The maximum absolute atomic E-state index is 15.8. The summed E-state index contributed by atoms with van der Waals surface area (Å²) >= 11 is 1.15. The molecular formula is C26H26F3N5O7S. The van der Waals surface area contributed by atoms with E-state index >= 15 is 8.78 Å². The van der Waals surface area contributed by atoms with E-state index < -0.39 is 82.8 Å². The zero-order chi connectivity index (χ0) is 30.3. The van der Waals surface area contributed by atoms with Gasteiger partial charge in [-0.1, -0.05) is 0 Å². The molecule has 0 spiro atoms. The SMILES string of the molecule is CN1CCN(c2c(F)cc3c(=O)c(C(=O)OCC4=C(C(=O)O)N5C(=O)[C@@H](NC=O)C5SC4)cn(CCF)c3c2F)CC1. The summed E-state index contributed by atoms with van der Waals surface area (Å²) < 4.78 is 50.8. The van der Waals surface area contributed by atoms with Crippen LogP contribution in [0.3, 0.4) is 0 Å². The molecule has 224 valence electrons. The number of β-lactam (4-membered cyclic amide) rings is 1. The van der Waals surface area contributed by atoms with Crippen LogP contribution in [0, 0.1) is 11.6 Å². The number of likely N-dealkylation sites (N-methyl/N-ethyl adjacent to an activating group) is 1. The number of aromatic nitrogens is 1. The Hall–Kier alpha value is -4.05. The van der Waals surface area contributed by atoms with Crippen molar-refractivity contribution in [3.63, 3.8) is 0 Å². The Morgan fingerprint density at radius 2 is 1.93 bits per heavy atom. The van der Waals surface area contributed by atoms with Crippen LogP contribution >= 0.6 is 11.8 Å². The van der Waals surface area contributed by atoms with Crippen LogP contribution in [0.4, 0.5) is 18.9 Å². The Morgan fingerprint density at radius 3 is 2.57 bits per heavy atom. The number of halogens is 3. The van der Waals surface area contributed by atoms with Crippen molar-refractivity contribution in [3.8, 4) is 0 Å². The van der Waals surface area contributed by atoms with Crippen molar-refractivity contribution in [2.75, 3.05) is 57.2 Å². The molecule has 0 saturated carbocycles. The second-order valence-corrected chi connectivity index (χ2v) is 11.1. The lowest BCUT2D eigenvalue weighted by molar-refractivity contribution is -0.149. The van der Waals surface area contributed by atoms with Crippen molar-refractivity contribution < 1.29 is 42.2 Å². The Kier molecular flexibility index (Phi) is 8.19. The number of ether oxygens (including phenoxy) is 1. The number of carboxylic acids is 1. The highest BCUT2D eigenvalue weighted by atomic mass is 32.2. The summed E-state index contributed by atoms with van der Waals surface area (Å²) in [6.07, 6.45) is 1.28. The minimum atomic E-state index is -1.46. The monoisotopic (exact) mass is 609 g/mol. The van der Waals surface area contributed by atoms with E-state index in [4.69, 9.17) is 4.74 Å². The van der Waals surface area contributed by atoms with Gasteiger partial charge >= 0.3 is 11.9 Å². The number of benzene rings is 1. The lowest BCUT2D eigenvalue weighted by Crippen LogP contribution is -2.69. The van der Waals surface area contributed by atoms with Crippen molar-refractivity contribution in [1.82, 2.24) is 19.7 Å². The van der Waals surface area contributed by atoms with Gasteiger partial charge < -0.3 is 29.5 Å². The van der Waals surface area contributed by atoms with Crippen LogP contribution in [-0.4, -0.2) is 107 Å². The number of aliphatic carboxylic acids is 1. The molecule has 12 nitrogen and oxygen atoms in total. The third-order valence-corrected chi connectivity index (χ3v) is 8.81. The predicted octanol–water partition coefficient (Wildman–Crippen LogP) is 0.526. The van der Waals surface area contributed by atoms with Gasteiger partial charge in [-0.2, -0.15) is 0 Å². The van der Waals surface area contributed by atoms with Crippen molar-refractivity contribution in [1.29, 1.82) is 0 Å². The molecule has 0 aliphatic carbocycles. The number of alkyl halides is 1. The average Bonchev–Trinajstić information content (AvgIpc) is 2.96. The lowest BCUT2D eigenvalue weighted by atomic mass is 10.0. The number of amides is 2. The molecule has 1 aromatic heterocycles. The van der Waals surface area contributed by atoms with Gasteiger partial charge in [-0.05, 0) is 13.1 Å². The quantitative estimate of drug-likeness (QED) is 0.235. The molecule has 3 aliphatic heterocycles. The van der Waals surface area contributed by atoms with E-state index in [-0.39, 0.29) is 22.5 Å². The fourth-order valence-electron chi connectivity index (χ4n) is 5.33. The lowest BCUT2D eigenvalue weighted by Gasteiger charge is -2.48. The van der Waals surface area contributed by atoms with Gasteiger partial charge in [0.2, 0.25) is 11.8 Å². The van der Waals surface area contributed by atoms with Gasteiger partial charge in [0.25, 0.3) is 5.91 Å². The summed E-state index contributed by atoms with van der Waals surface area (Å²) in [5, 5.41) is 10.9. The number of nitrogens with zero attached hydrogens (tertiary/aromatic N) is 4. The number of carbonyl (C=O) groups excluding carboxylic acids is 3. The highest BCUT2D eigenvalue weighted by Gasteiger charge is 2.53. The van der Waals surface area contributed by atoms with Crippen LogP contribution < -0.4 is 15.6 Å². The van der Waals surface area contributed by atoms with Crippen LogP contribution in [0.2, 0.25) is 0 Å². The van der Waals surface area contributed by atoms with Crippen LogP contribution in [0.1, 0.15) is 10.4 Å². The van der Waals surface area contributed by atoms with Crippen LogP contribution in [0.15, 0.2) is 28.3 Å². The number of carbonyl (C=O) groups is 4. The zero-order valence-corrected chi connectivity index (χ0v) is 23.1. The Bertz CT molecular complexity index is 1570. The first-order valence-electron chi connectivity index (χ1n) is 12.9. The molecular weight excluding hydrogens is 583 g/mol. The number of rotatable bonds is 9. The first-order valence-corrected chi connectivity index (χ1v) is 13.9. The van der Waals surface area contributed by atoms with Crippen LogP contribution in [-0.2, 0) is 25.7 Å². The van der Waals surface area contributed by atoms with Crippen LogP contribution in [0.5, 0.6) is 0 Å². The number of carboxylic acid groups (broad SMARTS) is 1. The fourth-order valence-corrected chi connectivity index (χ4v) is 6.67. The largest absolute Gasteiger partial charge is 0.477 e. The van der Waals surface area contributed by atoms with E-state index in [9.17, 15) is 33.5 Å². The summed E-state index contributed by atoms with van der Waals surface area (Å²) in [7, 11) is 1.88. The molecule has 16 heteroatoms. The second kappa shape index (κ2) is 11.7. The summed E-state index contributed by atoms with van der Waals surface area (Å²) in [5.74, 6) is -5.35. The van der Waals surface area contributed by atoms with Gasteiger partial charge in [0, 0.05) is 43.7 Å². The van der Waals surface area contributed by atoms with E-state index in [1.54, 1.807) is 0 Å². The first-order chi connectivity index (χ1) is 20.1. The molecule has 1 unspecified atom stereocenters. The molecule has 2 atom stereocenters. The van der Waals surface area contributed by atoms with Gasteiger partial charge in [-0.25, -0.2) is 22.8 Å². The molecule has 0 bridgehead atoms. The van der Waals surface area contributed by atoms with Gasteiger partial charge in [0.05, 0.1) is 17.4 Å². The zero-order valence-electron chi connectivity index (χ0n) is 22.3. The molecule has 2 saturated heterocycles. The predicted molar refractivity (Wildman–Crippen MR) is 145 cm³/mol. The highest BCUT2D eigenvalue weighted by Crippen LogP contribution is 2.40. The number of fused-ring (bicyclic) bond motifs is 2. The first kappa shape index (κ1) is 29.4. The Labute approximate surface area is 240 Å². The number of anilines is 1. The number of pyridine rings is 1. The normalized spacial score (nSPS) is 20.8. The van der Waals surface area contributed by atoms with E-state index in [0.717, 1.165) is 33.5 Å². The van der Waals surface area contributed by atoms with Crippen LogP contribution in [0.25, 0.3) is 10.9 Å². The molecule has 2 amide bonds. The van der Waals surface area contributed by atoms with E-state index in [1.807, 2.05) is 11.9 Å². The number of piperazine rings is 1. The third kappa shape index (κ3) is 4.98. The maximum atomic E-state index is 15.8. The molecule has 2 aromatic rings. The Morgan fingerprint density at radius 1 is 1.21 bits per heavy atom. The van der Waals surface area contributed by atoms with Gasteiger partial charge in [-0.15, -0.1) is 11.8 Å². The van der Waals surface area contributed by atoms with Crippen molar-refractivity contribution in [3.05, 3.63) is 51.0 Å². The number of aryl methyl sites for hydroxylation is 1. The third-order valence-electron chi connectivity index (χ3n) is 7.47. The molecule has 5 rings (SSSR count). The number of esters is 1. The van der Waals surface area contributed by atoms with Gasteiger partial charge in [0.1, 0.15) is 47.5 Å². The maximum Gasteiger partial charge on any atom is 0.352 e. The molecule has 2 fully saturated rings. The molecule has 1 aromatic carbocycles. The van der Waals surface area contributed by atoms with Gasteiger partial charge in [-0.3, -0.25) is 19.3 Å². The van der Waals surface area contributed by atoms with E-state index in [1.165, 1.54) is 4.90 Å². The second-order valence-electron chi connectivity index (χ2n) is 9.97. The summed E-state index contributed by atoms with van der Waals surface area (Å²) in [4.78, 5) is 65.9. The summed E-state index contributed by atoms with van der Waals surface area (Å²) in [6.45, 7) is -0.260. The standard InChI is InChI=1S/C26H26F3N5O7S/c1-31-4-6-32(7-5-31)21-16(28)8-14-20(17(21)29)33(3-2-27)9-15(22(14)36)26(40)41-10-13-11-42-24-18(30-12-35)23(37)34(24)19(13)25(38)39/h8-9,12,18,24H,2-7,10-11H2,1H3,(H,30,35)(H,38,39)/t18-,24?/m1/s1. The molecule has 3 aliphatic rings. The fraction of sp³-hybridized carbons (Fsp3) is 0.423. The molecule has 4 heterocycles. The Balaban J connectivity index is 1.46. The molecule has 2 N–H and O–H groups in total. The van der Waals surface area contributed by atoms with E-state index in [2.05, 4.69) is 5.32 Å². The smallest absolute Gasteiger partial charge is 0.352 e. The minimum absolute atomic E-state index is 0.0374. The molecule has 0 radical (unpaired) electrons. The van der Waals surface area contributed by atoms with E-state index in [0.29, 0.717) is 32.6 Å². The average molecular weight is 610 g/mol. The summed E-state index contributed by atoms with van der Waals surface area (Å²) in [5.41, 5.74) is -2.71. The number of hydrogen-bond donors (Lipinski definition) is 2. The number of hydrogen-bond acceptors (Lipinski definition) is 9. The van der Waals surface area contributed by atoms with Crippen molar-refractivity contribution in [2.45, 2.75) is 18.0 Å². The van der Waals surface area contributed by atoms with Crippen molar-refractivity contribution >= 4 is 52.6 Å². The number of nitrogens with one attached hydrogen (secondary N) is 1. The van der Waals surface area contributed by atoms with Gasteiger partial charge in [0.15, 0.2) is 5.82 Å².